The second-order valence-electron chi connectivity index (χ2n) is 4.91. The second kappa shape index (κ2) is 4.76. The maximum Gasteiger partial charge on any atom is 0.150 e. The zero-order chi connectivity index (χ0) is 14.2. The van der Waals surface area contributed by atoms with E-state index >= 15 is 0 Å². The molecule has 0 radical (unpaired) electrons. The third-order valence-corrected chi connectivity index (χ3v) is 4.72. The second-order valence-corrected chi connectivity index (χ2v) is 5.96. The maximum absolute atomic E-state index is 9.21. The average Bonchev–Trinajstić information content (AvgIpc) is 2.99. The van der Waals surface area contributed by atoms with E-state index in [2.05, 4.69) is 18.2 Å². The lowest BCUT2D eigenvalue weighted by atomic mass is 9.96. The quantitative estimate of drug-likeness (QED) is 0.646. The first-order valence-electron chi connectivity index (χ1n) is 6.71. The standard InChI is InChI=1S/C18H11NOS/c19-11-13-10-15-17(12-6-2-1-3-7-12)20-16-9-5-4-8-14(16)18(15)21-13/h1-10,17H. The summed E-state index contributed by atoms with van der Waals surface area (Å²) in [6.45, 7) is 0. The van der Waals surface area contributed by atoms with E-state index in [1.807, 2.05) is 48.5 Å². The molecule has 1 aliphatic heterocycles. The van der Waals surface area contributed by atoms with Gasteiger partial charge in [0.15, 0.2) is 6.10 Å². The molecule has 0 N–H and O–H groups in total. The molecule has 21 heavy (non-hydrogen) atoms. The third kappa shape index (κ3) is 1.93. The fourth-order valence-electron chi connectivity index (χ4n) is 2.69. The molecule has 0 saturated carbocycles. The zero-order valence-electron chi connectivity index (χ0n) is 11.1. The molecule has 2 aromatic carbocycles. The van der Waals surface area contributed by atoms with Crippen molar-refractivity contribution in [3.05, 3.63) is 76.7 Å². The van der Waals surface area contributed by atoms with Gasteiger partial charge in [-0.05, 0) is 23.8 Å². The summed E-state index contributed by atoms with van der Waals surface area (Å²) in [6, 6.07) is 22.4. The summed E-state index contributed by atoms with van der Waals surface area (Å²) in [5.41, 5.74) is 3.27. The van der Waals surface area contributed by atoms with Crippen molar-refractivity contribution < 1.29 is 4.74 Å². The smallest absolute Gasteiger partial charge is 0.150 e. The molecule has 0 amide bonds. The lowest BCUT2D eigenvalue weighted by Gasteiger charge is -2.26. The minimum Gasteiger partial charge on any atom is -0.480 e. The molecule has 4 rings (SSSR count). The summed E-state index contributed by atoms with van der Waals surface area (Å²) >= 11 is 1.54. The van der Waals surface area contributed by atoms with Gasteiger partial charge in [0.05, 0.1) is 0 Å². The predicted molar refractivity (Wildman–Crippen MR) is 83.4 cm³/mol. The number of para-hydroxylation sites is 1. The van der Waals surface area contributed by atoms with Gasteiger partial charge in [0.25, 0.3) is 0 Å². The number of nitrogens with zero attached hydrogens (tertiary/aromatic N) is 1. The van der Waals surface area contributed by atoms with Crippen LogP contribution in [0.3, 0.4) is 0 Å². The van der Waals surface area contributed by atoms with Crippen LogP contribution in [0.5, 0.6) is 5.75 Å². The molecule has 0 aliphatic carbocycles. The molecule has 0 fully saturated rings. The number of hydrogen-bond donors (Lipinski definition) is 0. The van der Waals surface area contributed by atoms with Crippen LogP contribution in [0.25, 0.3) is 10.4 Å². The highest BCUT2D eigenvalue weighted by Crippen LogP contribution is 2.48. The van der Waals surface area contributed by atoms with Crippen molar-refractivity contribution in [3.8, 4) is 22.3 Å². The van der Waals surface area contributed by atoms with Crippen molar-refractivity contribution in [1.82, 2.24) is 0 Å². The van der Waals surface area contributed by atoms with E-state index < -0.39 is 0 Å². The van der Waals surface area contributed by atoms with Crippen molar-refractivity contribution in [2.45, 2.75) is 6.10 Å². The Morgan fingerprint density at radius 1 is 1.00 bits per heavy atom. The molecular formula is C18H11NOS. The van der Waals surface area contributed by atoms with E-state index in [0.29, 0.717) is 0 Å². The Labute approximate surface area is 126 Å². The Morgan fingerprint density at radius 3 is 2.57 bits per heavy atom. The molecule has 1 unspecified atom stereocenters. The van der Waals surface area contributed by atoms with Gasteiger partial charge in [-0.3, -0.25) is 0 Å². The Hall–Kier alpha value is -2.57. The molecule has 0 spiro atoms. The number of thiophene rings is 1. The van der Waals surface area contributed by atoms with Gasteiger partial charge in [-0.15, -0.1) is 11.3 Å². The van der Waals surface area contributed by atoms with Crippen LogP contribution in [0.2, 0.25) is 0 Å². The molecule has 0 saturated heterocycles. The highest BCUT2D eigenvalue weighted by atomic mass is 32.1. The molecule has 0 bridgehead atoms. The van der Waals surface area contributed by atoms with Crippen LogP contribution in [-0.4, -0.2) is 0 Å². The Balaban J connectivity index is 1.94. The lowest BCUT2D eigenvalue weighted by molar-refractivity contribution is 0.244. The molecule has 1 aromatic heterocycles. The van der Waals surface area contributed by atoms with Gasteiger partial charge in [0.2, 0.25) is 0 Å². The van der Waals surface area contributed by atoms with E-state index in [0.717, 1.165) is 32.2 Å². The minimum absolute atomic E-state index is 0.144. The van der Waals surface area contributed by atoms with Crippen molar-refractivity contribution >= 4 is 11.3 Å². The maximum atomic E-state index is 9.21. The summed E-state index contributed by atoms with van der Waals surface area (Å²) in [6.07, 6.45) is -0.144. The van der Waals surface area contributed by atoms with E-state index in [1.54, 1.807) is 0 Å². The van der Waals surface area contributed by atoms with Gasteiger partial charge in [-0.25, -0.2) is 0 Å². The van der Waals surface area contributed by atoms with Crippen molar-refractivity contribution in [2.24, 2.45) is 0 Å². The van der Waals surface area contributed by atoms with Crippen LogP contribution in [0.15, 0.2) is 60.7 Å². The first-order valence-corrected chi connectivity index (χ1v) is 7.53. The lowest BCUT2D eigenvalue weighted by Crippen LogP contribution is -2.13. The molecule has 2 heterocycles. The van der Waals surface area contributed by atoms with E-state index in [-0.39, 0.29) is 6.10 Å². The van der Waals surface area contributed by atoms with Crippen molar-refractivity contribution in [2.75, 3.05) is 0 Å². The highest BCUT2D eigenvalue weighted by molar-refractivity contribution is 7.16. The largest absolute Gasteiger partial charge is 0.480 e. The summed E-state index contributed by atoms with van der Waals surface area (Å²) in [4.78, 5) is 1.86. The minimum atomic E-state index is -0.144. The van der Waals surface area contributed by atoms with Crippen LogP contribution in [0.1, 0.15) is 22.1 Å². The number of fused-ring (bicyclic) bond motifs is 3. The first kappa shape index (κ1) is 12.2. The fourth-order valence-corrected chi connectivity index (χ4v) is 3.70. The molecule has 3 aromatic rings. The number of rotatable bonds is 1. The Kier molecular flexibility index (Phi) is 2.77. The SMILES string of the molecule is N#Cc1cc2c(s1)-c1ccccc1OC2c1ccccc1. The van der Waals surface area contributed by atoms with Gasteiger partial charge >= 0.3 is 0 Å². The van der Waals surface area contributed by atoms with Crippen LogP contribution < -0.4 is 4.74 Å². The highest BCUT2D eigenvalue weighted by Gasteiger charge is 2.29. The van der Waals surface area contributed by atoms with Crippen LogP contribution in [0.4, 0.5) is 0 Å². The summed E-state index contributed by atoms with van der Waals surface area (Å²) < 4.78 is 6.20. The topological polar surface area (TPSA) is 33.0 Å². The van der Waals surface area contributed by atoms with Gasteiger partial charge in [0.1, 0.15) is 16.7 Å². The van der Waals surface area contributed by atoms with Gasteiger partial charge < -0.3 is 4.74 Å². The van der Waals surface area contributed by atoms with Crippen LogP contribution in [0, 0.1) is 11.3 Å². The van der Waals surface area contributed by atoms with Crippen molar-refractivity contribution in [1.29, 1.82) is 5.26 Å². The molecule has 100 valence electrons. The van der Waals surface area contributed by atoms with Crippen molar-refractivity contribution in [3.63, 3.8) is 0 Å². The van der Waals surface area contributed by atoms with Gasteiger partial charge in [-0.2, -0.15) is 5.26 Å². The summed E-state index contributed by atoms with van der Waals surface area (Å²) in [5, 5.41) is 9.21. The monoisotopic (exact) mass is 289 g/mol. The number of nitriles is 1. The van der Waals surface area contributed by atoms with Gasteiger partial charge in [-0.1, -0.05) is 42.5 Å². The van der Waals surface area contributed by atoms with E-state index in [4.69, 9.17) is 4.74 Å². The molecular weight excluding hydrogens is 278 g/mol. The third-order valence-electron chi connectivity index (χ3n) is 3.63. The average molecular weight is 289 g/mol. The normalized spacial score (nSPS) is 15.5. The number of benzene rings is 2. The number of hydrogen-bond acceptors (Lipinski definition) is 3. The van der Waals surface area contributed by atoms with Crippen LogP contribution in [-0.2, 0) is 0 Å². The summed E-state index contributed by atoms with van der Waals surface area (Å²) in [5.74, 6) is 0.880. The Morgan fingerprint density at radius 2 is 1.76 bits per heavy atom. The fraction of sp³-hybridized carbons (Fsp3) is 0.0556. The van der Waals surface area contributed by atoms with E-state index in [1.165, 1.54) is 11.3 Å². The molecule has 1 atom stereocenters. The molecule has 3 heteroatoms. The van der Waals surface area contributed by atoms with Gasteiger partial charge in [0, 0.05) is 16.0 Å². The van der Waals surface area contributed by atoms with Crippen LogP contribution >= 0.6 is 11.3 Å². The zero-order valence-corrected chi connectivity index (χ0v) is 11.9. The Bertz CT molecular complexity index is 845. The predicted octanol–water partition coefficient (Wildman–Crippen LogP) is 4.77. The number of ether oxygens (including phenoxy) is 1. The van der Waals surface area contributed by atoms with E-state index in [9.17, 15) is 5.26 Å². The molecule has 1 aliphatic rings. The molecule has 2 nitrogen and oxygen atoms in total. The summed E-state index contributed by atoms with van der Waals surface area (Å²) in [7, 11) is 0. The first-order chi connectivity index (χ1) is 10.4.